The lowest BCUT2D eigenvalue weighted by Gasteiger charge is -2.25. The molecule has 1 amide bonds. The van der Waals surface area contributed by atoms with E-state index in [1.165, 1.54) is 17.0 Å². The number of aromatic nitrogens is 1. The molecule has 0 spiro atoms. The van der Waals surface area contributed by atoms with Gasteiger partial charge in [0.2, 0.25) is 0 Å². The van der Waals surface area contributed by atoms with Crippen LogP contribution in [0.15, 0.2) is 103 Å². The molecule has 0 unspecified atom stereocenters. The van der Waals surface area contributed by atoms with Crippen LogP contribution in [0.2, 0.25) is 0 Å². The maximum absolute atomic E-state index is 13.2. The zero-order valence-electron chi connectivity index (χ0n) is 20.7. The van der Waals surface area contributed by atoms with Gasteiger partial charge in [0.05, 0.1) is 11.6 Å². The zero-order valence-corrected chi connectivity index (χ0v) is 20.7. The largest absolute Gasteiger partial charge is 0.508 e. The van der Waals surface area contributed by atoms with Crippen LogP contribution in [-0.2, 0) is 22.7 Å². The molecule has 7 nitrogen and oxygen atoms in total. The molecule has 4 aromatic rings. The molecule has 5 rings (SSSR count). The second-order valence-electron chi connectivity index (χ2n) is 9.12. The van der Waals surface area contributed by atoms with Crippen molar-refractivity contribution >= 4 is 17.4 Å². The SMILES string of the molecule is Cc1ccccc1COc1ccc(/C(O)=C2\C(=O)C(=O)N(Cc3cccnc3)[C@@H]2c2ccc(O)cc2)cc1. The first-order valence-electron chi connectivity index (χ1n) is 12.2. The number of ether oxygens (including phenoxy) is 1. The molecule has 0 bridgehead atoms. The second kappa shape index (κ2) is 10.6. The smallest absolute Gasteiger partial charge is 0.295 e. The summed E-state index contributed by atoms with van der Waals surface area (Å²) in [4.78, 5) is 31.9. The van der Waals surface area contributed by atoms with Gasteiger partial charge in [-0.25, -0.2) is 0 Å². The van der Waals surface area contributed by atoms with Crippen molar-refractivity contribution in [3.05, 3.63) is 131 Å². The van der Waals surface area contributed by atoms with Gasteiger partial charge in [0.1, 0.15) is 23.9 Å². The molecule has 2 heterocycles. The molecule has 1 aliphatic heterocycles. The van der Waals surface area contributed by atoms with E-state index in [-0.39, 0.29) is 23.6 Å². The number of amides is 1. The lowest BCUT2D eigenvalue weighted by atomic mass is 9.95. The Morgan fingerprint density at radius 1 is 0.947 bits per heavy atom. The fraction of sp³-hybridized carbons (Fsp3) is 0.129. The summed E-state index contributed by atoms with van der Waals surface area (Å²) in [6, 6.07) is 23.7. The van der Waals surface area contributed by atoms with Crippen molar-refractivity contribution in [3.8, 4) is 11.5 Å². The van der Waals surface area contributed by atoms with E-state index >= 15 is 0 Å². The number of phenols is 1. The van der Waals surface area contributed by atoms with Crippen LogP contribution in [0, 0.1) is 6.92 Å². The van der Waals surface area contributed by atoms with E-state index < -0.39 is 17.7 Å². The number of phenolic OH excluding ortho intramolecular Hbond substituents is 1. The maximum Gasteiger partial charge on any atom is 0.295 e. The van der Waals surface area contributed by atoms with E-state index in [2.05, 4.69) is 4.98 Å². The standard InChI is InChI=1S/C31H26N2O5/c1-20-5-2-3-7-24(20)19-38-26-14-10-23(11-15-26)29(35)27-28(22-8-12-25(34)13-9-22)33(31(37)30(27)36)18-21-6-4-16-32-17-21/h2-17,28,34-35H,18-19H2,1H3/b29-27+/t28-/m1/s1. The minimum absolute atomic E-state index is 0.0156. The molecule has 0 aliphatic carbocycles. The molecule has 1 aromatic heterocycles. The van der Waals surface area contributed by atoms with Gasteiger partial charge in [0.15, 0.2) is 0 Å². The van der Waals surface area contributed by atoms with Crippen molar-refractivity contribution in [1.29, 1.82) is 0 Å². The van der Waals surface area contributed by atoms with E-state index in [4.69, 9.17) is 4.74 Å². The van der Waals surface area contributed by atoms with E-state index in [0.717, 1.165) is 16.7 Å². The number of benzene rings is 3. The number of pyridine rings is 1. The van der Waals surface area contributed by atoms with E-state index in [9.17, 15) is 19.8 Å². The van der Waals surface area contributed by atoms with Gasteiger partial charge in [-0.15, -0.1) is 0 Å². The number of aryl methyl sites for hydroxylation is 1. The van der Waals surface area contributed by atoms with Crippen molar-refractivity contribution in [2.75, 3.05) is 0 Å². The summed E-state index contributed by atoms with van der Waals surface area (Å²) in [5, 5.41) is 21.1. The lowest BCUT2D eigenvalue weighted by Crippen LogP contribution is -2.29. The average molecular weight is 507 g/mol. The third kappa shape index (κ3) is 4.99. The van der Waals surface area contributed by atoms with Crippen LogP contribution in [0.4, 0.5) is 0 Å². The number of hydrogen-bond acceptors (Lipinski definition) is 6. The predicted octanol–water partition coefficient (Wildman–Crippen LogP) is 5.30. The molecule has 0 radical (unpaired) electrons. The summed E-state index contributed by atoms with van der Waals surface area (Å²) in [6.07, 6.45) is 3.26. The highest BCUT2D eigenvalue weighted by molar-refractivity contribution is 6.46. The highest BCUT2D eigenvalue weighted by Gasteiger charge is 2.46. The topological polar surface area (TPSA) is 100.0 Å². The van der Waals surface area contributed by atoms with Gasteiger partial charge >= 0.3 is 0 Å². The van der Waals surface area contributed by atoms with Gasteiger partial charge in [-0.05, 0) is 71.6 Å². The molecule has 3 aromatic carbocycles. The zero-order chi connectivity index (χ0) is 26.6. The molecule has 1 aliphatic rings. The summed E-state index contributed by atoms with van der Waals surface area (Å²) in [5.41, 5.74) is 3.91. The van der Waals surface area contributed by atoms with Gasteiger partial charge in [-0.3, -0.25) is 14.6 Å². The Hall–Kier alpha value is -4.91. The molecule has 1 atom stereocenters. The normalized spacial score (nSPS) is 16.6. The maximum atomic E-state index is 13.2. The number of aliphatic hydroxyl groups is 1. The molecule has 2 N–H and O–H groups in total. The lowest BCUT2D eigenvalue weighted by molar-refractivity contribution is -0.140. The van der Waals surface area contributed by atoms with Gasteiger partial charge in [0, 0.05) is 24.5 Å². The number of likely N-dealkylation sites (tertiary alicyclic amines) is 1. The molecular formula is C31H26N2O5. The minimum atomic E-state index is -0.840. The molecule has 38 heavy (non-hydrogen) atoms. The van der Waals surface area contributed by atoms with E-state index in [1.54, 1.807) is 54.9 Å². The molecule has 0 saturated carbocycles. The number of carbonyl (C=O) groups excluding carboxylic acids is 2. The van der Waals surface area contributed by atoms with Crippen LogP contribution in [0.1, 0.15) is 33.9 Å². The fourth-order valence-electron chi connectivity index (χ4n) is 4.53. The summed E-state index contributed by atoms with van der Waals surface area (Å²) in [6.45, 7) is 2.55. The van der Waals surface area contributed by atoms with E-state index in [1.807, 2.05) is 37.3 Å². The van der Waals surface area contributed by atoms with Crippen LogP contribution >= 0.6 is 0 Å². The Balaban J connectivity index is 1.47. The summed E-state index contributed by atoms with van der Waals surface area (Å²) >= 11 is 0. The molecular weight excluding hydrogens is 480 g/mol. The Kier molecular flexibility index (Phi) is 6.91. The second-order valence-corrected chi connectivity index (χ2v) is 9.12. The van der Waals surface area contributed by atoms with Crippen molar-refractivity contribution in [1.82, 2.24) is 9.88 Å². The number of rotatable bonds is 7. The number of hydrogen-bond donors (Lipinski definition) is 2. The number of Topliss-reactive ketones (excluding diaryl/α,β-unsaturated/α-hetero) is 1. The summed E-state index contributed by atoms with van der Waals surface area (Å²) in [7, 11) is 0. The fourth-order valence-corrected chi connectivity index (χ4v) is 4.53. The highest BCUT2D eigenvalue weighted by atomic mass is 16.5. The molecule has 7 heteroatoms. The number of aromatic hydroxyl groups is 1. The van der Waals surface area contributed by atoms with Crippen LogP contribution in [0.25, 0.3) is 5.76 Å². The number of aliphatic hydroxyl groups excluding tert-OH is 1. The Morgan fingerprint density at radius 2 is 1.68 bits per heavy atom. The van der Waals surface area contributed by atoms with Crippen LogP contribution in [0.5, 0.6) is 11.5 Å². The monoisotopic (exact) mass is 506 g/mol. The van der Waals surface area contributed by atoms with Gasteiger partial charge in [0.25, 0.3) is 11.7 Å². The third-order valence-electron chi connectivity index (χ3n) is 6.61. The first-order valence-corrected chi connectivity index (χ1v) is 12.2. The van der Waals surface area contributed by atoms with Crippen LogP contribution in [-0.4, -0.2) is 31.8 Å². The van der Waals surface area contributed by atoms with Crippen molar-refractivity contribution in [2.45, 2.75) is 26.1 Å². The quantitative estimate of drug-likeness (QED) is 0.201. The van der Waals surface area contributed by atoms with Gasteiger partial charge in [-0.2, -0.15) is 0 Å². The number of carbonyl (C=O) groups is 2. The summed E-state index contributed by atoms with van der Waals surface area (Å²) < 4.78 is 5.90. The van der Waals surface area contributed by atoms with Crippen LogP contribution < -0.4 is 4.74 Å². The molecule has 1 fully saturated rings. The van der Waals surface area contributed by atoms with Gasteiger partial charge < -0.3 is 19.8 Å². The predicted molar refractivity (Wildman–Crippen MR) is 142 cm³/mol. The first-order chi connectivity index (χ1) is 18.4. The average Bonchev–Trinajstić information content (AvgIpc) is 3.18. The van der Waals surface area contributed by atoms with Crippen molar-refractivity contribution in [3.63, 3.8) is 0 Å². The minimum Gasteiger partial charge on any atom is -0.508 e. The van der Waals surface area contributed by atoms with Gasteiger partial charge in [-0.1, -0.05) is 42.5 Å². The number of nitrogens with zero attached hydrogens (tertiary/aromatic N) is 2. The van der Waals surface area contributed by atoms with Crippen molar-refractivity contribution in [2.24, 2.45) is 0 Å². The molecule has 190 valence electrons. The Morgan fingerprint density at radius 3 is 2.37 bits per heavy atom. The highest BCUT2D eigenvalue weighted by Crippen LogP contribution is 2.40. The third-order valence-corrected chi connectivity index (χ3v) is 6.61. The Bertz CT molecular complexity index is 1500. The van der Waals surface area contributed by atoms with E-state index in [0.29, 0.717) is 23.5 Å². The number of ketones is 1. The van der Waals surface area contributed by atoms with Crippen LogP contribution in [0.3, 0.4) is 0 Å². The Labute approximate surface area is 220 Å². The summed E-state index contributed by atoms with van der Waals surface area (Å²) in [5.74, 6) is -1.10. The van der Waals surface area contributed by atoms with Crippen molar-refractivity contribution < 1.29 is 24.5 Å². The first kappa shape index (κ1) is 24.8. The molecule has 1 saturated heterocycles.